The summed E-state index contributed by atoms with van der Waals surface area (Å²) in [5, 5.41) is 2.76. The Morgan fingerprint density at radius 3 is 2.57 bits per heavy atom. The molecule has 0 nitrogen and oxygen atoms in total. The van der Waals surface area contributed by atoms with Crippen LogP contribution >= 0.6 is 0 Å². The van der Waals surface area contributed by atoms with Gasteiger partial charge < -0.3 is 0 Å². The Hall–Kier alpha value is -1.82. The molecule has 0 saturated heterocycles. The topological polar surface area (TPSA) is 0 Å². The highest BCUT2D eigenvalue weighted by Gasteiger charge is 2.38. The largest absolute Gasteiger partial charge is 0.0778 e. The number of allylic oxidation sites excluding steroid dienone is 4. The molecule has 0 aromatic heterocycles. The zero-order valence-corrected chi connectivity index (χ0v) is 14.4. The molecule has 4 rings (SSSR count). The maximum atomic E-state index is 2.53. The van der Waals surface area contributed by atoms with Gasteiger partial charge in [-0.3, -0.25) is 0 Å². The summed E-state index contributed by atoms with van der Waals surface area (Å²) in [6.07, 6.45) is 7.69. The Morgan fingerprint density at radius 2 is 1.74 bits per heavy atom. The molecular formula is C23H26. The molecule has 0 heteroatoms. The molecule has 2 aromatic rings. The second-order valence-electron chi connectivity index (χ2n) is 7.78. The van der Waals surface area contributed by atoms with Gasteiger partial charge in [0.25, 0.3) is 0 Å². The van der Waals surface area contributed by atoms with Crippen LogP contribution < -0.4 is 0 Å². The average molecular weight is 302 g/mol. The molecule has 1 saturated carbocycles. The highest BCUT2D eigenvalue weighted by Crippen LogP contribution is 2.50. The van der Waals surface area contributed by atoms with Crippen LogP contribution in [-0.4, -0.2) is 0 Å². The zero-order valence-electron chi connectivity index (χ0n) is 14.4. The van der Waals surface area contributed by atoms with Crippen LogP contribution in [0.2, 0.25) is 0 Å². The predicted octanol–water partition coefficient (Wildman–Crippen LogP) is 6.48. The SMILES string of the molecule is CC1=CC2CC(C(C)C)CC2C(c2cccc3ccccc23)=C1. The molecule has 23 heavy (non-hydrogen) atoms. The molecule has 3 atom stereocenters. The first-order valence-corrected chi connectivity index (χ1v) is 9.01. The van der Waals surface area contributed by atoms with Gasteiger partial charge in [-0.25, -0.2) is 0 Å². The van der Waals surface area contributed by atoms with Crippen molar-refractivity contribution in [3.8, 4) is 0 Å². The van der Waals surface area contributed by atoms with E-state index in [9.17, 15) is 0 Å². The fourth-order valence-electron chi connectivity index (χ4n) is 4.69. The van der Waals surface area contributed by atoms with Crippen LogP contribution in [0.5, 0.6) is 0 Å². The van der Waals surface area contributed by atoms with E-state index in [1.54, 1.807) is 5.57 Å². The fourth-order valence-corrected chi connectivity index (χ4v) is 4.69. The summed E-state index contributed by atoms with van der Waals surface area (Å²) in [6, 6.07) is 15.6. The van der Waals surface area contributed by atoms with E-state index in [-0.39, 0.29) is 0 Å². The van der Waals surface area contributed by atoms with Gasteiger partial charge in [0.05, 0.1) is 0 Å². The first-order valence-electron chi connectivity index (χ1n) is 9.01. The first kappa shape index (κ1) is 14.8. The summed E-state index contributed by atoms with van der Waals surface area (Å²) < 4.78 is 0. The Morgan fingerprint density at radius 1 is 0.957 bits per heavy atom. The number of hydrogen-bond acceptors (Lipinski definition) is 0. The van der Waals surface area contributed by atoms with Crippen LogP contribution in [-0.2, 0) is 0 Å². The molecule has 0 spiro atoms. The van der Waals surface area contributed by atoms with Gasteiger partial charge in [0.1, 0.15) is 0 Å². The monoisotopic (exact) mass is 302 g/mol. The lowest BCUT2D eigenvalue weighted by Crippen LogP contribution is -2.12. The number of fused-ring (bicyclic) bond motifs is 2. The van der Waals surface area contributed by atoms with Crippen LogP contribution in [0.1, 0.15) is 39.2 Å². The number of rotatable bonds is 2. The molecule has 1 fully saturated rings. The summed E-state index contributed by atoms with van der Waals surface area (Å²) in [6.45, 7) is 7.05. The average Bonchev–Trinajstić information content (AvgIpc) is 2.97. The van der Waals surface area contributed by atoms with Crippen molar-refractivity contribution in [1.82, 2.24) is 0 Å². The van der Waals surface area contributed by atoms with Crippen molar-refractivity contribution >= 4 is 16.3 Å². The van der Waals surface area contributed by atoms with E-state index in [0.717, 1.165) is 17.8 Å². The summed E-state index contributed by atoms with van der Waals surface area (Å²) in [4.78, 5) is 0. The molecule has 0 heterocycles. The van der Waals surface area contributed by atoms with Crippen molar-refractivity contribution < 1.29 is 0 Å². The van der Waals surface area contributed by atoms with Crippen molar-refractivity contribution in [2.24, 2.45) is 23.7 Å². The third kappa shape index (κ3) is 2.55. The van der Waals surface area contributed by atoms with Crippen molar-refractivity contribution in [1.29, 1.82) is 0 Å². The van der Waals surface area contributed by atoms with E-state index in [1.807, 2.05) is 0 Å². The van der Waals surface area contributed by atoms with E-state index in [0.29, 0.717) is 5.92 Å². The molecule has 2 aliphatic rings. The molecule has 2 aliphatic carbocycles. The molecule has 0 radical (unpaired) electrons. The minimum absolute atomic E-state index is 0.705. The van der Waals surface area contributed by atoms with Crippen LogP contribution in [0.25, 0.3) is 16.3 Å². The molecule has 118 valence electrons. The van der Waals surface area contributed by atoms with E-state index in [2.05, 4.69) is 75.4 Å². The summed E-state index contributed by atoms with van der Waals surface area (Å²) in [7, 11) is 0. The minimum atomic E-state index is 0.705. The van der Waals surface area contributed by atoms with Gasteiger partial charge in [0.2, 0.25) is 0 Å². The lowest BCUT2D eigenvalue weighted by atomic mass is 9.78. The van der Waals surface area contributed by atoms with Crippen molar-refractivity contribution in [3.05, 3.63) is 65.8 Å². The van der Waals surface area contributed by atoms with E-state index in [1.165, 1.54) is 34.8 Å². The normalized spacial score (nSPS) is 27.0. The van der Waals surface area contributed by atoms with E-state index in [4.69, 9.17) is 0 Å². The van der Waals surface area contributed by atoms with E-state index >= 15 is 0 Å². The van der Waals surface area contributed by atoms with Crippen LogP contribution in [0.3, 0.4) is 0 Å². The Labute approximate surface area is 139 Å². The van der Waals surface area contributed by atoms with Gasteiger partial charge in [0.15, 0.2) is 0 Å². The van der Waals surface area contributed by atoms with Crippen molar-refractivity contribution in [2.75, 3.05) is 0 Å². The maximum absolute atomic E-state index is 2.53. The van der Waals surface area contributed by atoms with Crippen LogP contribution in [0.4, 0.5) is 0 Å². The molecule has 2 aromatic carbocycles. The van der Waals surface area contributed by atoms with Gasteiger partial charge in [-0.2, -0.15) is 0 Å². The molecule has 0 aliphatic heterocycles. The summed E-state index contributed by atoms with van der Waals surface area (Å²) in [5.74, 6) is 3.10. The minimum Gasteiger partial charge on any atom is -0.0778 e. The molecular weight excluding hydrogens is 276 g/mol. The number of hydrogen-bond donors (Lipinski definition) is 0. The lowest BCUT2D eigenvalue weighted by Gasteiger charge is -2.26. The lowest BCUT2D eigenvalue weighted by molar-refractivity contribution is 0.386. The van der Waals surface area contributed by atoms with Gasteiger partial charge in [-0.1, -0.05) is 74.0 Å². The van der Waals surface area contributed by atoms with Gasteiger partial charge in [-0.05, 0) is 65.3 Å². The van der Waals surface area contributed by atoms with Crippen molar-refractivity contribution in [2.45, 2.75) is 33.6 Å². The molecule has 0 amide bonds. The van der Waals surface area contributed by atoms with Crippen LogP contribution in [0, 0.1) is 23.7 Å². The smallest absolute Gasteiger partial charge is 0.00897 e. The first-order chi connectivity index (χ1) is 11.1. The Kier molecular flexibility index (Phi) is 3.64. The molecule has 3 unspecified atom stereocenters. The second-order valence-corrected chi connectivity index (χ2v) is 7.78. The van der Waals surface area contributed by atoms with Crippen LogP contribution in [0.15, 0.2) is 60.2 Å². The number of benzene rings is 2. The zero-order chi connectivity index (χ0) is 16.0. The third-order valence-corrected chi connectivity index (χ3v) is 5.95. The van der Waals surface area contributed by atoms with Gasteiger partial charge in [0, 0.05) is 0 Å². The fraction of sp³-hybridized carbons (Fsp3) is 0.391. The second kappa shape index (κ2) is 5.67. The third-order valence-electron chi connectivity index (χ3n) is 5.95. The standard InChI is InChI=1S/C23H26/c1-15(2)18-13-19-11-16(3)12-23(22(19)14-18)21-10-6-8-17-7-4-5-9-20(17)21/h4-12,15,18-19,22H,13-14H2,1-3H3. The van der Waals surface area contributed by atoms with Gasteiger partial charge in [-0.15, -0.1) is 0 Å². The Bertz CT molecular complexity index is 785. The maximum Gasteiger partial charge on any atom is -0.00897 e. The predicted molar refractivity (Wildman–Crippen MR) is 100 cm³/mol. The summed E-state index contributed by atoms with van der Waals surface area (Å²) in [5.41, 5.74) is 4.48. The highest BCUT2D eigenvalue weighted by molar-refractivity contribution is 5.95. The Balaban J connectivity index is 1.82. The van der Waals surface area contributed by atoms with Crippen molar-refractivity contribution in [3.63, 3.8) is 0 Å². The molecule has 0 N–H and O–H groups in total. The quantitative estimate of drug-likeness (QED) is 0.595. The molecule has 0 bridgehead atoms. The van der Waals surface area contributed by atoms with Gasteiger partial charge >= 0.3 is 0 Å². The highest BCUT2D eigenvalue weighted by atomic mass is 14.4. The van der Waals surface area contributed by atoms with E-state index < -0.39 is 0 Å². The summed E-state index contributed by atoms with van der Waals surface area (Å²) >= 11 is 0.